The minimum absolute atomic E-state index is 0. The minimum Gasteiger partial charge on any atom is -1.00 e. The topological polar surface area (TPSA) is 63.6 Å². The van der Waals surface area contributed by atoms with E-state index in [0.717, 1.165) is 12.2 Å². The molecule has 4 nitrogen and oxygen atoms in total. The third-order valence-corrected chi connectivity index (χ3v) is 0.649. The number of carbonyl (C=O) groups is 2. The Morgan fingerprint density at radius 3 is 2.45 bits per heavy atom. The van der Waals surface area contributed by atoms with Gasteiger partial charge >= 0.3 is 41.5 Å². The van der Waals surface area contributed by atoms with Gasteiger partial charge in [-0.2, -0.15) is 0 Å². The number of carboxylic acids is 1. The largest absolute Gasteiger partial charge is 1.00 e. The normalized spacial score (nSPS) is 8.82. The molecule has 0 unspecified atom stereocenters. The van der Waals surface area contributed by atoms with Crippen LogP contribution < -0.4 is 29.6 Å². The Balaban J connectivity index is -0.000000405. The quantitative estimate of drug-likeness (QED) is 0.283. The van der Waals surface area contributed by atoms with E-state index < -0.39 is 11.9 Å². The van der Waals surface area contributed by atoms with E-state index in [4.69, 9.17) is 5.11 Å². The van der Waals surface area contributed by atoms with Crippen molar-refractivity contribution in [1.82, 2.24) is 0 Å². The molecule has 0 rings (SSSR count). The molecule has 0 aliphatic carbocycles. The van der Waals surface area contributed by atoms with E-state index in [1.165, 1.54) is 0 Å². The molecule has 0 amide bonds. The summed E-state index contributed by atoms with van der Waals surface area (Å²) in [6.45, 7) is 1.90. The number of carboxylic acid groups (broad SMARTS) is 1. The summed E-state index contributed by atoms with van der Waals surface area (Å²) in [7, 11) is 0. The van der Waals surface area contributed by atoms with E-state index in [2.05, 4.69) is 4.74 Å². The van der Waals surface area contributed by atoms with Gasteiger partial charge in [0.05, 0.1) is 6.61 Å². The minimum atomic E-state index is -1.16. The molecule has 0 aliphatic rings. The molecule has 0 spiro atoms. The summed E-state index contributed by atoms with van der Waals surface area (Å²) in [5.41, 5.74) is 0. The third kappa shape index (κ3) is 9.68. The van der Waals surface area contributed by atoms with Crippen LogP contribution in [-0.4, -0.2) is 23.7 Å². The van der Waals surface area contributed by atoms with Crippen molar-refractivity contribution in [3.05, 3.63) is 12.2 Å². The molecule has 58 valence electrons. The predicted octanol–water partition coefficient (Wildman–Crippen LogP) is -2.69. The number of hydrogen-bond donors (Lipinski definition) is 1. The van der Waals surface area contributed by atoms with Gasteiger partial charge in [-0.1, -0.05) is 0 Å². The number of esters is 1. The van der Waals surface area contributed by atoms with Crippen molar-refractivity contribution in [2.24, 2.45) is 0 Å². The van der Waals surface area contributed by atoms with Crippen molar-refractivity contribution in [1.29, 1.82) is 0 Å². The second kappa shape index (κ2) is 7.78. The van der Waals surface area contributed by atoms with E-state index in [0.29, 0.717) is 0 Å². The Morgan fingerprint density at radius 2 is 2.09 bits per heavy atom. The summed E-state index contributed by atoms with van der Waals surface area (Å²) < 4.78 is 4.40. The summed E-state index contributed by atoms with van der Waals surface area (Å²) in [5, 5.41) is 8.04. The predicted molar refractivity (Wildman–Crippen MR) is 34.5 cm³/mol. The van der Waals surface area contributed by atoms with Crippen LogP contribution in [0.1, 0.15) is 8.35 Å². The molecule has 0 aliphatic heterocycles. The van der Waals surface area contributed by atoms with Gasteiger partial charge in [0.15, 0.2) is 0 Å². The Hall–Kier alpha value is -0.320. The van der Waals surface area contributed by atoms with Crippen LogP contribution >= 0.6 is 0 Å². The zero-order valence-corrected chi connectivity index (χ0v) is 8.53. The molecule has 0 fully saturated rings. The van der Waals surface area contributed by atoms with Crippen LogP contribution in [0.25, 0.3) is 0 Å². The third-order valence-electron chi connectivity index (χ3n) is 0.649. The molecule has 11 heavy (non-hydrogen) atoms. The second-order valence-electron chi connectivity index (χ2n) is 1.42. The summed E-state index contributed by atoms with van der Waals surface area (Å²) in [6, 6.07) is 0. The molecular weight excluding hydrogens is 159 g/mol. The Labute approximate surface area is 88.0 Å². The molecule has 1 N–H and O–H groups in total. The maximum Gasteiger partial charge on any atom is 1.00 e. The van der Waals surface area contributed by atoms with Crippen molar-refractivity contribution < 1.29 is 50.4 Å². The van der Waals surface area contributed by atoms with Crippen molar-refractivity contribution in [2.45, 2.75) is 6.92 Å². The first-order valence-corrected chi connectivity index (χ1v) is 2.74. The van der Waals surface area contributed by atoms with Crippen molar-refractivity contribution >= 4 is 11.9 Å². The zero-order chi connectivity index (χ0) is 7.98. The average molecular weight is 168 g/mol. The molecule has 5 heteroatoms. The first kappa shape index (κ1) is 13.3. The molecule has 0 atom stereocenters. The zero-order valence-electron chi connectivity index (χ0n) is 7.53. The number of rotatable bonds is 3. The van der Waals surface area contributed by atoms with Crippen LogP contribution in [0.3, 0.4) is 0 Å². The molecule has 0 radical (unpaired) electrons. The van der Waals surface area contributed by atoms with Gasteiger partial charge in [-0.05, 0) is 6.92 Å². The van der Waals surface area contributed by atoms with Gasteiger partial charge in [0, 0.05) is 12.2 Å². The van der Waals surface area contributed by atoms with E-state index >= 15 is 0 Å². The maximum absolute atomic E-state index is 10.4. The fourth-order valence-corrected chi connectivity index (χ4v) is 0.330. The second-order valence-corrected chi connectivity index (χ2v) is 1.42. The average Bonchev–Trinajstić information content (AvgIpc) is 1.85. The van der Waals surface area contributed by atoms with E-state index in [1.54, 1.807) is 6.92 Å². The first-order chi connectivity index (χ1) is 4.66. The Morgan fingerprint density at radius 1 is 1.55 bits per heavy atom. The van der Waals surface area contributed by atoms with Gasteiger partial charge in [0.25, 0.3) is 0 Å². The number of hydrogen-bond acceptors (Lipinski definition) is 3. The standard InChI is InChI=1S/C6H8O4.Na.H/c1-2-10-6(9)4-3-5(7)8;;/h3-4H,2H2,1H3,(H,7,8);;/q;+1;-1/b4-3-;;. The first-order valence-electron chi connectivity index (χ1n) is 2.74. The SMILES string of the molecule is CCOC(=O)/C=C\C(=O)O.[H-].[Na+]. The fraction of sp³-hybridized carbons (Fsp3) is 0.333. The Bertz CT molecular complexity index is 169. The van der Waals surface area contributed by atoms with Crippen molar-refractivity contribution in [3.63, 3.8) is 0 Å². The van der Waals surface area contributed by atoms with Gasteiger partial charge < -0.3 is 11.3 Å². The summed E-state index contributed by atoms with van der Waals surface area (Å²) in [4.78, 5) is 20.2. The van der Waals surface area contributed by atoms with Gasteiger partial charge in [0.2, 0.25) is 0 Å². The Kier molecular flexibility index (Phi) is 9.40. The van der Waals surface area contributed by atoms with Crippen molar-refractivity contribution in [3.8, 4) is 0 Å². The summed E-state index contributed by atoms with van der Waals surface area (Å²) >= 11 is 0. The van der Waals surface area contributed by atoms with Gasteiger partial charge in [0.1, 0.15) is 0 Å². The number of aliphatic carboxylic acids is 1. The molecular formula is C6H9NaO4. The number of carbonyl (C=O) groups excluding carboxylic acids is 1. The molecule has 0 aromatic rings. The van der Waals surface area contributed by atoms with Crippen LogP contribution in [0.15, 0.2) is 12.2 Å². The fourth-order valence-electron chi connectivity index (χ4n) is 0.330. The maximum atomic E-state index is 10.4. The molecule has 0 aromatic heterocycles. The van der Waals surface area contributed by atoms with E-state index in [-0.39, 0.29) is 37.6 Å². The summed E-state index contributed by atoms with van der Waals surface area (Å²) in [6.07, 6.45) is 1.60. The van der Waals surface area contributed by atoms with Crippen LogP contribution in [0.5, 0.6) is 0 Å². The van der Waals surface area contributed by atoms with E-state index in [9.17, 15) is 9.59 Å². The molecule has 0 saturated carbocycles. The van der Waals surface area contributed by atoms with Crippen LogP contribution in [0.2, 0.25) is 0 Å². The molecule has 0 heterocycles. The van der Waals surface area contributed by atoms with Crippen molar-refractivity contribution in [2.75, 3.05) is 6.61 Å². The monoisotopic (exact) mass is 168 g/mol. The number of ether oxygens (including phenoxy) is 1. The molecule has 0 bridgehead atoms. The van der Waals surface area contributed by atoms with Crippen LogP contribution in [-0.2, 0) is 14.3 Å². The van der Waals surface area contributed by atoms with Gasteiger partial charge in [-0.15, -0.1) is 0 Å². The summed E-state index contributed by atoms with van der Waals surface area (Å²) in [5.74, 6) is -1.79. The van der Waals surface area contributed by atoms with Crippen LogP contribution in [0.4, 0.5) is 0 Å². The van der Waals surface area contributed by atoms with Gasteiger partial charge in [-0.3, -0.25) is 0 Å². The molecule has 0 aromatic carbocycles. The van der Waals surface area contributed by atoms with Crippen LogP contribution in [0, 0.1) is 0 Å². The van der Waals surface area contributed by atoms with Gasteiger partial charge in [-0.25, -0.2) is 9.59 Å². The van der Waals surface area contributed by atoms with E-state index in [1.807, 2.05) is 0 Å². The smallest absolute Gasteiger partial charge is 1.00 e. The molecule has 0 saturated heterocycles.